The Labute approximate surface area is 129 Å². The number of hydrogen-bond acceptors (Lipinski definition) is 4. The van der Waals surface area contributed by atoms with Crippen molar-refractivity contribution >= 4 is 33.4 Å². The van der Waals surface area contributed by atoms with Gasteiger partial charge in [-0.25, -0.2) is 0 Å². The number of carbonyl (C=O) groups is 2. The lowest BCUT2D eigenvalue weighted by Gasteiger charge is -2.14. The average molecular weight is 349 g/mol. The lowest BCUT2D eigenvalue weighted by Crippen LogP contribution is -2.30. The fraction of sp³-hybridized carbons (Fsp3) is 0.214. The van der Waals surface area contributed by atoms with E-state index in [1.807, 2.05) is 6.92 Å². The molecule has 108 valence electrons. The van der Waals surface area contributed by atoms with Crippen molar-refractivity contribution < 1.29 is 9.59 Å². The van der Waals surface area contributed by atoms with Gasteiger partial charge in [-0.15, -0.1) is 0 Å². The first-order chi connectivity index (χ1) is 9.91. The average Bonchev–Trinajstić information content (AvgIpc) is 2.82. The number of hydrogen-bond donors (Lipinski definition) is 1. The third kappa shape index (κ3) is 1.96. The van der Waals surface area contributed by atoms with E-state index in [4.69, 9.17) is 5.73 Å². The van der Waals surface area contributed by atoms with Gasteiger partial charge in [0.1, 0.15) is 0 Å². The van der Waals surface area contributed by atoms with Gasteiger partial charge in [0.15, 0.2) is 0 Å². The van der Waals surface area contributed by atoms with Crippen LogP contribution in [0.25, 0.3) is 0 Å². The van der Waals surface area contributed by atoms with Crippen molar-refractivity contribution in [3.63, 3.8) is 0 Å². The summed E-state index contributed by atoms with van der Waals surface area (Å²) in [5.41, 5.74) is 8.36. The van der Waals surface area contributed by atoms with Gasteiger partial charge in [-0.3, -0.25) is 19.2 Å². The number of rotatable bonds is 2. The number of benzene rings is 1. The zero-order valence-corrected chi connectivity index (χ0v) is 13.1. The Morgan fingerprint density at radius 2 is 2.00 bits per heavy atom. The number of aromatic nitrogens is 2. The molecular formula is C14H13BrN4O2. The molecule has 0 atom stereocenters. The summed E-state index contributed by atoms with van der Waals surface area (Å²) >= 11 is 3.44. The number of amides is 2. The Morgan fingerprint density at radius 1 is 1.29 bits per heavy atom. The maximum absolute atomic E-state index is 12.4. The molecule has 0 saturated heterocycles. The monoisotopic (exact) mass is 348 g/mol. The van der Waals surface area contributed by atoms with Crippen LogP contribution in [-0.4, -0.2) is 26.5 Å². The van der Waals surface area contributed by atoms with Crippen LogP contribution in [0, 0.1) is 6.92 Å². The van der Waals surface area contributed by atoms with Crippen molar-refractivity contribution in [2.24, 2.45) is 7.05 Å². The van der Waals surface area contributed by atoms with Crippen LogP contribution in [0.3, 0.4) is 0 Å². The van der Waals surface area contributed by atoms with Crippen LogP contribution in [0.4, 0.5) is 5.69 Å². The van der Waals surface area contributed by atoms with Crippen LogP contribution in [-0.2, 0) is 13.6 Å². The smallest absolute Gasteiger partial charge is 0.264 e. The van der Waals surface area contributed by atoms with Crippen molar-refractivity contribution in [2.75, 3.05) is 5.73 Å². The van der Waals surface area contributed by atoms with Crippen LogP contribution in [0.1, 0.15) is 32.1 Å². The number of halogens is 1. The van der Waals surface area contributed by atoms with E-state index in [2.05, 4.69) is 21.0 Å². The van der Waals surface area contributed by atoms with Gasteiger partial charge >= 0.3 is 0 Å². The third-order valence-electron chi connectivity index (χ3n) is 3.60. The molecule has 1 aliphatic rings. The number of nitrogen functional groups attached to an aromatic ring is 1. The zero-order chi connectivity index (χ0) is 15.3. The molecular weight excluding hydrogens is 336 g/mol. The Morgan fingerprint density at radius 3 is 2.57 bits per heavy atom. The second-order valence-corrected chi connectivity index (χ2v) is 5.73. The summed E-state index contributed by atoms with van der Waals surface area (Å²) in [6.45, 7) is 2.01. The van der Waals surface area contributed by atoms with E-state index in [-0.39, 0.29) is 23.9 Å². The van der Waals surface area contributed by atoms with Crippen LogP contribution >= 0.6 is 15.9 Å². The molecule has 0 saturated carbocycles. The minimum absolute atomic E-state index is 0.156. The Bertz CT molecular complexity index is 782. The number of fused-ring (bicyclic) bond motifs is 1. The molecule has 0 spiro atoms. The van der Waals surface area contributed by atoms with Crippen molar-refractivity contribution in [1.29, 1.82) is 0 Å². The van der Waals surface area contributed by atoms with Crippen molar-refractivity contribution in [3.05, 3.63) is 45.2 Å². The summed E-state index contributed by atoms with van der Waals surface area (Å²) in [6, 6.07) is 4.92. The van der Waals surface area contributed by atoms with Gasteiger partial charge in [-0.1, -0.05) is 6.07 Å². The fourth-order valence-electron chi connectivity index (χ4n) is 2.50. The first-order valence-electron chi connectivity index (χ1n) is 6.34. The first-order valence-corrected chi connectivity index (χ1v) is 7.13. The van der Waals surface area contributed by atoms with E-state index in [0.717, 1.165) is 15.9 Å². The quantitative estimate of drug-likeness (QED) is 0.663. The van der Waals surface area contributed by atoms with Gasteiger partial charge in [0.05, 0.1) is 33.5 Å². The summed E-state index contributed by atoms with van der Waals surface area (Å²) in [7, 11) is 1.78. The summed E-state index contributed by atoms with van der Waals surface area (Å²) in [6.07, 6.45) is 0. The zero-order valence-electron chi connectivity index (χ0n) is 11.6. The van der Waals surface area contributed by atoms with E-state index in [1.54, 1.807) is 29.9 Å². The number of nitrogens with two attached hydrogens (primary N) is 1. The highest BCUT2D eigenvalue weighted by Gasteiger charge is 2.37. The standard InChI is InChI=1S/C14H13BrN4O2/c1-7-12(15)10(18(2)17-7)6-19-13(20)8-4-3-5-9(16)11(8)14(19)21/h3-5H,6,16H2,1-2H3. The highest BCUT2D eigenvalue weighted by atomic mass is 79.9. The summed E-state index contributed by atoms with van der Waals surface area (Å²) in [5, 5.41) is 4.27. The molecule has 0 unspecified atom stereocenters. The van der Waals surface area contributed by atoms with Crippen LogP contribution < -0.4 is 5.73 Å². The Balaban J connectivity index is 2.01. The predicted octanol–water partition coefficient (Wildman–Crippen LogP) is 1.87. The van der Waals surface area contributed by atoms with Gasteiger partial charge in [0.25, 0.3) is 11.8 Å². The maximum Gasteiger partial charge on any atom is 0.264 e. The lowest BCUT2D eigenvalue weighted by atomic mass is 10.1. The van der Waals surface area contributed by atoms with Gasteiger partial charge in [0.2, 0.25) is 0 Å². The molecule has 1 aromatic heterocycles. The SMILES string of the molecule is Cc1nn(C)c(CN2C(=O)c3cccc(N)c3C2=O)c1Br. The van der Waals surface area contributed by atoms with Crippen LogP contribution in [0.2, 0.25) is 0 Å². The van der Waals surface area contributed by atoms with E-state index >= 15 is 0 Å². The van der Waals surface area contributed by atoms with E-state index in [9.17, 15) is 9.59 Å². The van der Waals surface area contributed by atoms with E-state index in [1.165, 1.54) is 4.90 Å². The molecule has 7 heteroatoms. The second kappa shape index (κ2) is 4.70. The molecule has 2 aromatic rings. The molecule has 0 radical (unpaired) electrons. The molecule has 0 bridgehead atoms. The Kier molecular flexibility index (Phi) is 3.09. The summed E-state index contributed by atoms with van der Waals surface area (Å²) < 4.78 is 2.46. The fourth-order valence-corrected chi connectivity index (χ4v) is 2.97. The van der Waals surface area contributed by atoms with E-state index in [0.29, 0.717) is 11.3 Å². The van der Waals surface area contributed by atoms with Crippen molar-refractivity contribution in [3.8, 4) is 0 Å². The predicted molar refractivity (Wildman–Crippen MR) is 80.7 cm³/mol. The molecule has 0 fully saturated rings. The number of nitrogens with zero attached hydrogens (tertiary/aromatic N) is 3. The van der Waals surface area contributed by atoms with Crippen LogP contribution in [0.15, 0.2) is 22.7 Å². The first kappa shape index (κ1) is 13.8. The normalized spacial score (nSPS) is 14.0. The van der Waals surface area contributed by atoms with E-state index < -0.39 is 0 Å². The van der Waals surface area contributed by atoms with Crippen molar-refractivity contribution in [2.45, 2.75) is 13.5 Å². The minimum atomic E-state index is -0.362. The number of carbonyl (C=O) groups excluding carboxylic acids is 2. The Hall–Kier alpha value is -2.15. The van der Waals surface area contributed by atoms with Gasteiger partial charge < -0.3 is 5.73 Å². The molecule has 3 rings (SSSR count). The van der Waals surface area contributed by atoms with Crippen LogP contribution in [0.5, 0.6) is 0 Å². The molecule has 2 N–H and O–H groups in total. The molecule has 6 nitrogen and oxygen atoms in total. The van der Waals surface area contributed by atoms with Gasteiger partial charge in [-0.2, -0.15) is 5.10 Å². The highest BCUT2D eigenvalue weighted by molar-refractivity contribution is 9.10. The second-order valence-electron chi connectivity index (χ2n) is 4.94. The summed E-state index contributed by atoms with van der Waals surface area (Å²) in [4.78, 5) is 26.0. The number of aryl methyl sites for hydroxylation is 2. The molecule has 21 heavy (non-hydrogen) atoms. The third-order valence-corrected chi connectivity index (χ3v) is 4.63. The van der Waals surface area contributed by atoms with Gasteiger partial charge in [0, 0.05) is 12.7 Å². The maximum atomic E-state index is 12.4. The molecule has 1 aliphatic heterocycles. The molecule has 2 amide bonds. The lowest BCUT2D eigenvalue weighted by molar-refractivity contribution is 0.0639. The topological polar surface area (TPSA) is 81.2 Å². The van der Waals surface area contributed by atoms with Gasteiger partial charge in [-0.05, 0) is 35.0 Å². The highest BCUT2D eigenvalue weighted by Crippen LogP contribution is 2.30. The molecule has 2 heterocycles. The largest absolute Gasteiger partial charge is 0.398 e. The van der Waals surface area contributed by atoms with Crippen molar-refractivity contribution in [1.82, 2.24) is 14.7 Å². The minimum Gasteiger partial charge on any atom is -0.398 e. The molecule has 0 aliphatic carbocycles. The molecule has 1 aromatic carbocycles. The number of anilines is 1. The number of imide groups is 1. The summed E-state index contributed by atoms with van der Waals surface area (Å²) in [5.74, 6) is -0.688.